The van der Waals surface area contributed by atoms with Crippen LogP contribution in [0.5, 0.6) is 0 Å². The van der Waals surface area contributed by atoms with E-state index in [2.05, 4.69) is 29.4 Å². The van der Waals surface area contributed by atoms with Gasteiger partial charge in [0.2, 0.25) is 5.13 Å². The number of aliphatic hydroxyl groups is 1. The van der Waals surface area contributed by atoms with Crippen LogP contribution in [-0.2, 0) is 0 Å². The average Bonchev–Trinajstić information content (AvgIpc) is 2.85. The van der Waals surface area contributed by atoms with E-state index in [1.165, 1.54) is 19.3 Å². The maximum absolute atomic E-state index is 9.91. The van der Waals surface area contributed by atoms with Crippen LogP contribution in [0.3, 0.4) is 0 Å². The van der Waals surface area contributed by atoms with Gasteiger partial charge in [-0.1, -0.05) is 38.0 Å². The lowest BCUT2D eigenvalue weighted by atomic mass is 9.83. The maximum Gasteiger partial charge on any atom is 0.205 e. The first-order valence-electron chi connectivity index (χ1n) is 7.42. The van der Waals surface area contributed by atoms with Crippen molar-refractivity contribution >= 4 is 16.5 Å². The minimum Gasteiger partial charge on any atom is -0.393 e. The molecular weight excluding hydrogens is 258 g/mol. The molecule has 0 spiro atoms. The normalized spacial score (nSPS) is 23.8. The first kappa shape index (κ1) is 14.7. The quantitative estimate of drug-likeness (QED) is 0.786. The molecule has 0 bridgehead atoms. The number of nitrogens with zero attached hydrogens (tertiary/aromatic N) is 2. The number of hydrogen-bond acceptors (Lipinski definition) is 5. The van der Waals surface area contributed by atoms with E-state index in [-0.39, 0.29) is 6.10 Å². The van der Waals surface area contributed by atoms with Gasteiger partial charge in [0.15, 0.2) is 0 Å². The molecule has 0 aromatic carbocycles. The van der Waals surface area contributed by atoms with Crippen LogP contribution in [-0.4, -0.2) is 28.0 Å². The van der Waals surface area contributed by atoms with Gasteiger partial charge in [-0.2, -0.15) is 0 Å². The van der Waals surface area contributed by atoms with Crippen LogP contribution in [0.4, 0.5) is 5.13 Å². The van der Waals surface area contributed by atoms with Crippen molar-refractivity contribution in [2.45, 2.75) is 64.4 Å². The largest absolute Gasteiger partial charge is 0.393 e. The number of hydrogen-bond donors (Lipinski definition) is 2. The van der Waals surface area contributed by atoms with Gasteiger partial charge in [-0.3, -0.25) is 0 Å². The second-order valence-electron chi connectivity index (χ2n) is 5.78. The molecule has 1 heterocycles. The highest BCUT2D eigenvalue weighted by molar-refractivity contribution is 7.15. The van der Waals surface area contributed by atoms with Crippen molar-refractivity contribution in [1.29, 1.82) is 0 Å². The summed E-state index contributed by atoms with van der Waals surface area (Å²) in [5.74, 6) is 0.960. The number of aromatic nitrogens is 2. The summed E-state index contributed by atoms with van der Waals surface area (Å²) < 4.78 is 0. The fraction of sp³-hybridized carbons (Fsp3) is 0.857. The number of aliphatic hydroxyl groups excluding tert-OH is 1. The molecule has 108 valence electrons. The van der Waals surface area contributed by atoms with E-state index in [0.717, 1.165) is 35.9 Å². The summed E-state index contributed by atoms with van der Waals surface area (Å²) in [4.78, 5) is 0. The van der Waals surface area contributed by atoms with Crippen molar-refractivity contribution in [3.63, 3.8) is 0 Å². The summed E-state index contributed by atoms with van der Waals surface area (Å²) in [6.45, 7) is 5.19. The Labute approximate surface area is 119 Å². The van der Waals surface area contributed by atoms with Crippen molar-refractivity contribution in [1.82, 2.24) is 10.2 Å². The molecule has 4 nitrogen and oxygen atoms in total. The second-order valence-corrected chi connectivity index (χ2v) is 6.79. The van der Waals surface area contributed by atoms with Gasteiger partial charge in [-0.25, -0.2) is 0 Å². The Kier molecular flexibility index (Phi) is 5.58. The van der Waals surface area contributed by atoms with Gasteiger partial charge in [0.05, 0.1) is 6.10 Å². The Bertz CT molecular complexity index is 381. The van der Waals surface area contributed by atoms with Crippen LogP contribution >= 0.6 is 11.3 Å². The minimum atomic E-state index is -0.0668. The van der Waals surface area contributed by atoms with E-state index in [0.29, 0.717) is 11.8 Å². The first-order valence-corrected chi connectivity index (χ1v) is 8.24. The summed E-state index contributed by atoms with van der Waals surface area (Å²) in [5, 5.41) is 23.6. The highest BCUT2D eigenvalue weighted by atomic mass is 32.1. The first-order chi connectivity index (χ1) is 9.16. The third-order valence-corrected chi connectivity index (χ3v) is 5.01. The van der Waals surface area contributed by atoms with E-state index >= 15 is 0 Å². The van der Waals surface area contributed by atoms with Gasteiger partial charge in [-0.05, 0) is 31.6 Å². The Morgan fingerprint density at radius 2 is 2.11 bits per heavy atom. The number of rotatable bonds is 6. The summed E-state index contributed by atoms with van der Waals surface area (Å²) in [6, 6.07) is 0. The molecule has 2 rings (SSSR count). The summed E-state index contributed by atoms with van der Waals surface area (Å²) in [6.07, 6.45) is 6.80. The highest BCUT2D eigenvalue weighted by Crippen LogP contribution is 2.28. The number of nitrogens with one attached hydrogen (secondary N) is 1. The Balaban J connectivity index is 1.65. The molecule has 5 heteroatoms. The lowest BCUT2D eigenvalue weighted by Gasteiger charge is -2.27. The molecule has 0 saturated heterocycles. The van der Waals surface area contributed by atoms with Crippen LogP contribution in [0.1, 0.15) is 63.3 Å². The third kappa shape index (κ3) is 4.42. The molecule has 1 aliphatic carbocycles. The molecule has 1 aromatic rings. The molecular formula is C14H25N3OS. The smallest absolute Gasteiger partial charge is 0.205 e. The Morgan fingerprint density at radius 3 is 2.79 bits per heavy atom. The molecule has 1 fully saturated rings. The second kappa shape index (κ2) is 7.20. The van der Waals surface area contributed by atoms with Gasteiger partial charge in [-0.15, -0.1) is 10.2 Å². The molecule has 1 aliphatic rings. The zero-order valence-corrected chi connectivity index (χ0v) is 12.7. The fourth-order valence-electron chi connectivity index (χ4n) is 2.62. The average molecular weight is 283 g/mol. The van der Waals surface area contributed by atoms with Crippen LogP contribution in [0.25, 0.3) is 0 Å². The summed E-state index contributed by atoms with van der Waals surface area (Å²) in [5.41, 5.74) is 0. The Hall–Kier alpha value is -0.680. The standard InChI is InChI=1S/C14H25N3OS/c1-10(2)13-16-17-14(19-13)15-9-5-7-11-6-3-4-8-12(11)18/h10-12,18H,3-9H2,1-2H3,(H,15,17). The molecule has 2 unspecified atom stereocenters. The van der Waals surface area contributed by atoms with Crippen molar-refractivity contribution < 1.29 is 5.11 Å². The van der Waals surface area contributed by atoms with Gasteiger partial charge in [0, 0.05) is 12.5 Å². The van der Waals surface area contributed by atoms with Crippen LogP contribution in [0.15, 0.2) is 0 Å². The van der Waals surface area contributed by atoms with Gasteiger partial charge < -0.3 is 10.4 Å². The molecule has 0 aliphatic heterocycles. The maximum atomic E-state index is 9.91. The molecule has 2 atom stereocenters. The van der Waals surface area contributed by atoms with E-state index in [1.807, 2.05) is 0 Å². The lowest BCUT2D eigenvalue weighted by Crippen LogP contribution is -2.24. The van der Waals surface area contributed by atoms with Crippen molar-refractivity contribution in [2.24, 2.45) is 5.92 Å². The number of anilines is 1. The molecule has 0 radical (unpaired) electrons. The Morgan fingerprint density at radius 1 is 1.32 bits per heavy atom. The monoisotopic (exact) mass is 283 g/mol. The summed E-state index contributed by atoms with van der Waals surface area (Å²) in [7, 11) is 0. The van der Waals surface area contributed by atoms with Crippen LogP contribution in [0.2, 0.25) is 0 Å². The van der Waals surface area contributed by atoms with E-state index in [9.17, 15) is 5.11 Å². The van der Waals surface area contributed by atoms with Crippen molar-refractivity contribution in [2.75, 3.05) is 11.9 Å². The lowest BCUT2D eigenvalue weighted by molar-refractivity contribution is 0.0648. The third-order valence-electron chi connectivity index (χ3n) is 3.83. The molecule has 1 saturated carbocycles. The predicted octanol–water partition coefficient (Wildman–Crippen LogP) is 3.40. The van der Waals surface area contributed by atoms with Gasteiger partial charge >= 0.3 is 0 Å². The zero-order valence-electron chi connectivity index (χ0n) is 11.9. The fourth-order valence-corrected chi connectivity index (χ4v) is 3.40. The molecule has 2 N–H and O–H groups in total. The molecule has 1 aromatic heterocycles. The van der Waals surface area contributed by atoms with E-state index in [4.69, 9.17) is 0 Å². The highest BCUT2D eigenvalue weighted by Gasteiger charge is 2.22. The predicted molar refractivity (Wildman–Crippen MR) is 79.7 cm³/mol. The van der Waals surface area contributed by atoms with Crippen LogP contribution < -0.4 is 5.32 Å². The van der Waals surface area contributed by atoms with E-state index < -0.39 is 0 Å². The van der Waals surface area contributed by atoms with Crippen molar-refractivity contribution in [3.8, 4) is 0 Å². The van der Waals surface area contributed by atoms with E-state index in [1.54, 1.807) is 11.3 Å². The minimum absolute atomic E-state index is 0.0668. The van der Waals surface area contributed by atoms with Gasteiger partial charge in [0.25, 0.3) is 0 Å². The SMILES string of the molecule is CC(C)c1nnc(NCCCC2CCCCC2O)s1. The molecule has 0 amide bonds. The topological polar surface area (TPSA) is 58.0 Å². The van der Waals surface area contributed by atoms with Gasteiger partial charge in [0.1, 0.15) is 5.01 Å². The van der Waals surface area contributed by atoms with Crippen molar-refractivity contribution in [3.05, 3.63) is 5.01 Å². The van der Waals surface area contributed by atoms with Crippen LogP contribution in [0, 0.1) is 5.92 Å². The zero-order chi connectivity index (χ0) is 13.7. The molecule has 19 heavy (non-hydrogen) atoms. The summed E-state index contributed by atoms with van der Waals surface area (Å²) >= 11 is 1.64.